The number of rotatable bonds is 5. The summed E-state index contributed by atoms with van der Waals surface area (Å²) in [6.45, 7) is 3.11. The third-order valence-electron chi connectivity index (χ3n) is 4.03. The van der Waals surface area contributed by atoms with E-state index in [0.29, 0.717) is 11.1 Å². The van der Waals surface area contributed by atoms with Gasteiger partial charge in [-0.2, -0.15) is 0 Å². The molecule has 0 amide bonds. The summed E-state index contributed by atoms with van der Waals surface area (Å²) in [5, 5.41) is 3.65. The monoisotopic (exact) mass is 247 g/mol. The second kappa shape index (κ2) is 5.53. The van der Waals surface area contributed by atoms with Gasteiger partial charge in [0, 0.05) is 12.1 Å². The summed E-state index contributed by atoms with van der Waals surface area (Å²) in [5.41, 5.74) is 2.18. The Morgan fingerprint density at radius 1 is 1.33 bits per heavy atom. The average molecular weight is 247 g/mol. The van der Waals surface area contributed by atoms with Crippen LogP contribution in [0.4, 0.5) is 0 Å². The second-order valence-corrected chi connectivity index (χ2v) is 5.03. The molecule has 1 N–H and O–H groups in total. The number of carbonyl (C=O) groups is 1. The van der Waals surface area contributed by atoms with Crippen LogP contribution in [0.3, 0.4) is 0 Å². The highest BCUT2D eigenvalue weighted by molar-refractivity contribution is 5.89. The first-order valence-corrected chi connectivity index (χ1v) is 6.61. The summed E-state index contributed by atoms with van der Waals surface area (Å²) in [6, 6.07) is 7.62. The lowest BCUT2D eigenvalue weighted by Gasteiger charge is -2.42. The molecule has 0 heterocycles. The van der Waals surface area contributed by atoms with E-state index < -0.39 is 0 Å². The van der Waals surface area contributed by atoms with Gasteiger partial charge in [-0.05, 0) is 43.4 Å². The van der Waals surface area contributed by atoms with E-state index in [1.54, 1.807) is 0 Å². The Hall–Kier alpha value is -1.35. The molecule has 1 saturated carbocycles. The molecule has 0 aliphatic heterocycles. The molecule has 1 fully saturated rings. The Labute approximate surface area is 109 Å². The topological polar surface area (TPSA) is 38.3 Å². The molecule has 1 aromatic carbocycles. The SMILES string of the molecule is CCC1(NCc2ccc(C(=O)OC)cc2)CCC1. The van der Waals surface area contributed by atoms with Crippen molar-refractivity contribution in [1.82, 2.24) is 5.32 Å². The van der Waals surface area contributed by atoms with Crippen LogP contribution in [0, 0.1) is 0 Å². The van der Waals surface area contributed by atoms with Gasteiger partial charge in [0.05, 0.1) is 12.7 Å². The smallest absolute Gasteiger partial charge is 0.337 e. The first-order valence-electron chi connectivity index (χ1n) is 6.61. The van der Waals surface area contributed by atoms with Gasteiger partial charge < -0.3 is 10.1 Å². The Bertz CT molecular complexity index is 401. The quantitative estimate of drug-likeness (QED) is 0.813. The highest BCUT2D eigenvalue weighted by Crippen LogP contribution is 2.34. The zero-order valence-electron chi connectivity index (χ0n) is 11.2. The highest BCUT2D eigenvalue weighted by atomic mass is 16.5. The van der Waals surface area contributed by atoms with Crippen LogP contribution >= 0.6 is 0 Å². The number of carbonyl (C=O) groups excluding carboxylic acids is 1. The van der Waals surface area contributed by atoms with Gasteiger partial charge in [-0.1, -0.05) is 19.1 Å². The van der Waals surface area contributed by atoms with Crippen LogP contribution in [0.2, 0.25) is 0 Å². The van der Waals surface area contributed by atoms with E-state index in [2.05, 4.69) is 17.0 Å². The average Bonchev–Trinajstić information content (AvgIpc) is 2.38. The lowest BCUT2D eigenvalue weighted by Crippen LogP contribution is -2.49. The van der Waals surface area contributed by atoms with Crippen molar-refractivity contribution in [3.05, 3.63) is 35.4 Å². The van der Waals surface area contributed by atoms with Gasteiger partial charge >= 0.3 is 5.97 Å². The summed E-state index contributed by atoms with van der Waals surface area (Å²) in [5.74, 6) is -0.279. The van der Waals surface area contributed by atoms with Crippen molar-refractivity contribution in [1.29, 1.82) is 0 Å². The number of esters is 1. The molecule has 0 aromatic heterocycles. The van der Waals surface area contributed by atoms with Crippen LogP contribution in [-0.4, -0.2) is 18.6 Å². The van der Waals surface area contributed by atoms with Crippen molar-refractivity contribution < 1.29 is 9.53 Å². The fourth-order valence-corrected chi connectivity index (χ4v) is 2.42. The van der Waals surface area contributed by atoms with Gasteiger partial charge in [0.2, 0.25) is 0 Å². The standard InChI is InChI=1S/C15H21NO2/c1-3-15(9-4-10-15)16-11-12-5-7-13(8-6-12)14(17)18-2/h5-8,16H,3-4,9-11H2,1-2H3. The largest absolute Gasteiger partial charge is 0.465 e. The molecule has 1 aliphatic rings. The molecule has 98 valence electrons. The molecule has 3 heteroatoms. The molecule has 0 saturated heterocycles. The minimum Gasteiger partial charge on any atom is -0.465 e. The molecule has 1 aliphatic carbocycles. The summed E-state index contributed by atoms with van der Waals surface area (Å²) >= 11 is 0. The van der Waals surface area contributed by atoms with E-state index in [1.165, 1.54) is 38.4 Å². The fourth-order valence-electron chi connectivity index (χ4n) is 2.42. The summed E-state index contributed by atoms with van der Waals surface area (Å²) < 4.78 is 4.68. The molecule has 1 aromatic rings. The summed E-state index contributed by atoms with van der Waals surface area (Å²) in [4.78, 5) is 11.3. The fraction of sp³-hybridized carbons (Fsp3) is 0.533. The van der Waals surface area contributed by atoms with Crippen molar-refractivity contribution >= 4 is 5.97 Å². The molecule has 0 atom stereocenters. The molecule has 0 radical (unpaired) electrons. The lowest BCUT2D eigenvalue weighted by molar-refractivity contribution is 0.0600. The Morgan fingerprint density at radius 2 is 2.00 bits per heavy atom. The first-order chi connectivity index (χ1) is 8.69. The normalized spacial score (nSPS) is 17.0. The minimum atomic E-state index is -0.279. The molecule has 0 spiro atoms. The number of hydrogen-bond acceptors (Lipinski definition) is 3. The van der Waals surface area contributed by atoms with E-state index in [1.807, 2.05) is 24.3 Å². The Kier molecular flexibility index (Phi) is 4.02. The lowest BCUT2D eigenvalue weighted by atomic mass is 9.75. The molecular formula is C15H21NO2. The number of methoxy groups -OCH3 is 1. The first kappa shape index (κ1) is 13.1. The zero-order chi connectivity index (χ0) is 13.0. The van der Waals surface area contributed by atoms with Crippen LogP contribution in [-0.2, 0) is 11.3 Å². The molecular weight excluding hydrogens is 226 g/mol. The van der Waals surface area contributed by atoms with Crippen molar-refractivity contribution in [3.63, 3.8) is 0 Å². The number of hydrogen-bond donors (Lipinski definition) is 1. The van der Waals surface area contributed by atoms with E-state index in [4.69, 9.17) is 0 Å². The van der Waals surface area contributed by atoms with Crippen molar-refractivity contribution in [3.8, 4) is 0 Å². The molecule has 0 unspecified atom stereocenters. The van der Waals surface area contributed by atoms with Crippen molar-refractivity contribution in [2.75, 3.05) is 7.11 Å². The molecule has 18 heavy (non-hydrogen) atoms. The molecule has 0 bridgehead atoms. The minimum absolute atomic E-state index is 0.279. The molecule has 3 nitrogen and oxygen atoms in total. The van der Waals surface area contributed by atoms with E-state index >= 15 is 0 Å². The number of ether oxygens (including phenoxy) is 1. The van der Waals surface area contributed by atoms with Crippen molar-refractivity contribution in [2.24, 2.45) is 0 Å². The van der Waals surface area contributed by atoms with Gasteiger partial charge in [-0.15, -0.1) is 0 Å². The third kappa shape index (κ3) is 2.72. The van der Waals surface area contributed by atoms with Crippen molar-refractivity contribution in [2.45, 2.75) is 44.7 Å². The van der Waals surface area contributed by atoms with Gasteiger partial charge in [0.25, 0.3) is 0 Å². The zero-order valence-corrected chi connectivity index (χ0v) is 11.2. The van der Waals surface area contributed by atoms with Gasteiger partial charge in [0.15, 0.2) is 0 Å². The van der Waals surface area contributed by atoms with Crippen LogP contribution in [0.15, 0.2) is 24.3 Å². The number of nitrogens with one attached hydrogen (secondary N) is 1. The predicted octanol–water partition coefficient (Wildman–Crippen LogP) is 2.90. The molecule has 2 rings (SSSR count). The predicted molar refractivity (Wildman–Crippen MR) is 71.5 cm³/mol. The van der Waals surface area contributed by atoms with Crippen LogP contribution in [0.25, 0.3) is 0 Å². The van der Waals surface area contributed by atoms with E-state index in [9.17, 15) is 4.79 Å². The van der Waals surface area contributed by atoms with Gasteiger partial charge in [-0.25, -0.2) is 4.79 Å². The maximum absolute atomic E-state index is 11.3. The van der Waals surface area contributed by atoms with Crippen LogP contribution in [0.5, 0.6) is 0 Å². The van der Waals surface area contributed by atoms with Crippen LogP contribution in [0.1, 0.15) is 48.5 Å². The Balaban J connectivity index is 1.92. The van der Waals surface area contributed by atoms with Gasteiger partial charge in [0.1, 0.15) is 0 Å². The maximum Gasteiger partial charge on any atom is 0.337 e. The van der Waals surface area contributed by atoms with E-state index in [-0.39, 0.29) is 5.97 Å². The van der Waals surface area contributed by atoms with Crippen LogP contribution < -0.4 is 5.32 Å². The second-order valence-electron chi connectivity index (χ2n) is 5.03. The maximum atomic E-state index is 11.3. The highest BCUT2D eigenvalue weighted by Gasteiger charge is 2.34. The third-order valence-corrected chi connectivity index (χ3v) is 4.03. The summed E-state index contributed by atoms with van der Waals surface area (Å²) in [6.07, 6.45) is 5.09. The van der Waals surface area contributed by atoms with E-state index in [0.717, 1.165) is 6.54 Å². The Morgan fingerprint density at radius 3 is 2.44 bits per heavy atom. The number of benzene rings is 1. The summed E-state index contributed by atoms with van der Waals surface area (Å²) in [7, 11) is 1.40. The van der Waals surface area contributed by atoms with Gasteiger partial charge in [-0.3, -0.25) is 0 Å².